The fourth-order valence-corrected chi connectivity index (χ4v) is 2.05. The minimum Gasteiger partial charge on any atom is -0.395 e. The van der Waals surface area contributed by atoms with Gasteiger partial charge in [0.2, 0.25) is 0 Å². The van der Waals surface area contributed by atoms with Gasteiger partial charge in [-0.05, 0) is 25.0 Å². The van der Waals surface area contributed by atoms with Gasteiger partial charge < -0.3 is 10.4 Å². The van der Waals surface area contributed by atoms with Crippen molar-refractivity contribution in [3.05, 3.63) is 23.5 Å². The maximum atomic E-state index is 9.13. The molecular formula is C13H20N4O. The molecule has 5 heteroatoms. The number of nitrogens with one attached hydrogen (secondary N) is 1. The van der Waals surface area contributed by atoms with Crippen LogP contribution >= 0.6 is 0 Å². The predicted molar refractivity (Wildman–Crippen MR) is 71.3 cm³/mol. The Morgan fingerprint density at radius 2 is 2.28 bits per heavy atom. The summed E-state index contributed by atoms with van der Waals surface area (Å²) in [6.07, 6.45) is 2.78. The van der Waals surface area contributed by atoms with E-state index in [0.717, 1.165) is 35.3 Å². The Bertz CT molecular complexity index is 531. The van der Waals surface area contributed by atoms with Gasteiger partial charge in [0.05, 0.1) is 12.3 Å². The second-order valence-electron chi connectivity index (χ2n) is 4.59. The monoisotopic (exact) mass is 248 g/mol. The minimum atomic E-state index is 0.149. The number of aliphatic hydroxyl groups excluding tert-OH is 1. The molecule has 2 N–H and O–H groups in total. The van der Waals surface area contributed by atoms with Crippen LogP contribution < -0.4 is 5.32 Å². The van der Waals surface area contributed by atoms with E-state index in [1.807, 2.05) is 20.2 Å². The zero-order valence-electron chi connectivity index (χ0n) is 11.1. The highest BCUT2D eigenvalue weighted by Gasteiger charge is 2.08. The van der Waals surface area contributed by atoms with E-state index in [4.69, 9.17) is 5.11 Å². The molecule has 2 heterocycles. The Hall–Kier alpha value is -1.46. The molecule has 0 saturated heterocycles. The molecule has 2 aromatic rings. The number of hydrogen-bond acceptors (Lipinski definition) is 4. The molecule has 0 unspecified atom stereocenters. The molecule has 0 fully saturated rings. The van der Waals surface area contributed by atoms with Crippen molar-refractivity contribution in [2.75, 3.05) is 6.61 Å². The molecule has 98 valence electrons. The lowest BCUT2D eigenvalue weighted by molar-refractivity contribution is 0.238. The van der Waals surface area contributed by atoms with E-state index < -0.39 is 0 Å². The van der Waals surface area contributed by atoms with Crippen LogP contribution in [-0.2, 0) is 13.6 Å². The van der Waals surface area contributed by atoms with Crippen LogP contribution in [0.3, 0.4) is 0 Å². The van der Waals surface area contributed by atoms with Crippen LogP contribution in [0.25, 0.3) is 11.0 Å². The number of hydrogen-bond donors (Lipinski definition) is 2. The SMILES string of the molecule is CC[C@H](CO)NCc1cnc2c(c1)c(C)nn2C. The van der Waals surface area contributed by atoms with Crippen molar-refractivity contribution in [1.29, 1.82) is 0 Å². The molecule has 1 atom stereocenters. The van der Waals surface area contributed by atoms with Gasteiger partial charge >= 0.3 is 0 Å². The van der Waals surface area contributed by atoms with Gasteiger partial charge in [-0.1, -0.05) is 6.92 Å². The van der Waals surface area contributed by atoms with Crippen molar-refractivity contribution in [3.63, 3.8) is 0 Å². The lowest BCUT2D eigenvalue weighted by Crippen LogP contribution is -2.31. The van der Waals surface area contributed by atoms with Crippen LogP contribution in [0.4, 0.5) is 0 Å². The number of aromatic nitrogens is 3. The number of nitrogens with zero attached hydrogens (tertiary/aromatic N) is 3. The van der Waals surface area contributed by atoms with Gasteiger partial charge in [0.25, 0.3) is 0 Å². The fraction of sp³-hybridized carbons (Fsp3) is 0.538. The molecule has 2 rings (SSSR count). The van der Waals surface area contributed by atoms with Gasteiger partial charge in [-0.3, -0.25) is 4.68 Å². The largest absolute Gasteiger partial charge is 0.395 e. The summed E-state index contributed by atoms with van der Waals surface area (Å²) in [4.78, 5) is 4.43. The van der Waals surface area contributed by atoms with Crippen LogP contribution in [0, 0.1) is 6.92 Å². The summed E-state index contributed by atoms with van der Waals surface area (Å²) in [5, 5.41) is 17.9. The molecule has 0 radical (unpaired) electrons. The van der Waals surface area contributed by atoms with Crippen molar-refractivity contribution in [2.24, 2.45) is 7.05 Å². The van der Waals surface area contributed by atoms with Gasteiger partial charge in [-0.25, -0.2) is 4.98 Å². The third kappa shape index (κ3) is 2.52. The Balaban J connectivity index is 2.17. The molecule has 0 saturated carbocycles. The number of pyridine rings is 1. The average Bonchev–Trinajstić information content (AvgIpc) is 2.66. The fourth-order valence-electron chi connectivity index (χ4n) is 2.05. The van der Waals surface area contributed by atoms with Crippen LogP contribution in [0.1, 0.15) is 24.6 Å². The Labute approximate surface area is 107 Å². The van der Waals surface area contributed by atoms with Crippen LogP contribution in [-0.4, -0.2) is 32.5 Å². The zero-order valence-corrected chi connectivity index (χ0v) is 11.1. The molecule has 0 aliphatic rings. The van der Waals surface area contributed by atoms with Gasteiger partial charge in [0.15, 0.2) is 5.65 Å². The minimum absolute atomic E-state index is 0.149. The first-order valence-corrected chi connectivity index (χ1v) is 6.28. The number of fused-ring (bicyclic) bond motifs is 1. The lowest BCUT2D eigenvalue weighted by atomic mass is 10.2. The standard InChI is InChI=1S/C13H20N4O/c1-4-11(8-18)14-6-10-5-12-9(2)16-17(3)13(12)15-7-10/h5,7,11,14,18H,4,6,8H2,1-3H3/t11-/m1/s1. The maximum Gasteiger partial charge on any atom is 0.157 e. The lowest BCUT2D eigenvalue weighted by Gasteiger charge is -2.13. The first-order valence-electron chi connectivity index (χ1n) is 6.28. The molecule has 0 aromatic carbocycles. The predicted octanol–water partition coefficient (Wildman–Crippen LogP) is 1.14. The number of aliphatic hydroxyl groups is 1. The second-order valence-corrected chi connectivity index (χ2v) is 4.59. The Morgan fingerprint density at radius 3 is 2.94 bits per heavy atom. The van der Waals surface area contributed by atoms with E-state index in [-0.39, 0.29) is 12.6 Å². The molecule has 0 aliphatic heterocycles. The quantitative estimate of drug-likeness (QED) is 0.833. The third-order valence-corrected chi connectivity index (χ3v) is 3.23. The van der Waals surface area contributed by atoms with E-state index in [2.05, 4.69) is 28.4 Å². The van der Waals surface area contributed by atoms with Crippen LogP contribution in [0.2, 0.25) is 0 Å². The molecule has 18 heavy (non-hydrogen) atoms. The van der Waals surface area contributed by atoms with Gasteiger partial charge in [-0.2, -0.15) is 5.10 Å². The number of aryl methyl sites for hydroxylation is 2. The number of rotatable bonds is 5. The first-order chi connectivity index (χ1) is 8.65. The average molecular weight is 248 g/mol. The molecule has 0 amide bonds. The summed E-state index contributed by atoms with van der Waals surface area (Å²) >= 11 is 0. The highest BCUT2D eigenvalue weighted by Crippen LogP contribution is 2.16. The maximum absolute atomic E-state index is 9.13. The summed E-state index contributed by atoms with van der Waals surface area (Å²) in [6, 6.07) is 2.26. The summed E-state index contributed by atoms with van der Waals surface area (Å²) in [5.41, 5.74) is 3.02. The molecule has 2 aromatic heterocycles. The van der Waals surface area contributed by atoms with Crippen molar-refractivity contribution in [2.45, 2.75) is 32.9 Å². The normalized spacial score (nSPS) is 13.1. The van der Waals surface area contributed by atoms with Crippen LogP contribution in [0.15, 0.2) is 12.3 Å². The summed E-state index contributed by atoms with van der Waals surface area (Å²) in [7, 11) is 1.90. The summed E-state index contributed by atoms with van der Waals surface area (Å²) in [6.45, 7) is 4.93. The highest BCUT2D eigenvalue weighted by molar-refractivity contribution is 5.78. The molecule has 0 aliphatic carbocycles. The molecular weight excluding hydrogens is 228 g/mol. The Morgan fingerprint density at radius 1 is 1.50 bits per heavy atom. The van der Waals surface area contributed by atoms with Gasteiger partial charge in [0.1, 0.15) is 0 Å². The van der Waals surface area contributed by atoms with E-state index >= 15 is 0 Å². The molecule has 0 bridgehead atoms. The van der Waals surface area contributed by atoms with E-state index in [0.29, 0.717) is 0 Å². The van der Waals surface area contributed by atoms with Crippen molar-refractivity contribution in [3.8, 4) is 0 Å². The second kappa shape index (κ2) is 5.46. The molecule has 5 nitrogen and oxygen atoms in total. The topological polar surface area (TPSA) is 63.0 Å². The van der Waals surface area contributed by atoms with E-state index in [9.17, 15) is 0 Å². The third-order valence-electron chi connectivity index (χ3n) is 3.23. The van der Waals surface area contributed by atoms with Gasteiger partial charge in [0, 0.05) is 31.2 Å². The van der Waals surface area contributed by atoms with Crippen molar-refractivity contribution < 1.29 is 5.11 Å². The molecule has 0 spiro atoms. The van der Waals surface area contributed by atoms with E-state index in [1.54, 1.807) is 4.68 Å². The highest BCUT2D eigenvalue weighted by atomic mass is 16.3. The first kappa shape index (κ1) is 13.0. The van der Waals surface area contributed by atoms with Crippen molar-refractivity contribution >= 4 is 11.0 Å². The van der Waals surface area contributed by atoms with Crippen molar-refractivity contribution in [1.82, 2.24) is 20.1 Å². The smallest absolute Gasteiger partial charge is 0.157 e. The Kier molecular flexibility index (Phi) is 3.93. The van der Waals surface area contributed by atoms with Crippen LogP contribution in [0.5, 0.6) is 0 Å². The zero-order chi connectivity index (χ0) is 13.1. The van der Waals surface area contributed by atoms with E-state index in [1.165, 1.54) is 0 Å². The summed E-state index contributed by atoms with van der Waals surface area (Å²) in [5.74, 6) is 0. The summed E-state index contributed by atoms with van der Waals surface area (Å²) < 4.78 is 1.80. The van der Waals surface area contributed by atoms with Gasteiger partial charge in [-0.15, -0.1) is 0 Å².